The van der Waals surface area contributed by atoms with E-state index in [9.17, 15) is 19.2 Å². The maximum absolute atomic E-state index is 12.0. The Morgan fingerprint density at radius 2 is 2.04 bits per heavy atom. The summed E-state index contributed by atoms with van der Waals surface area (Å²) in [6.45, 7) is 0.691. The fraction of sp³-hybridized carbons (Fsp3) is 0.286. The second-order valence-electron chi connectivity index (χ2n) is 4.74. The summed E-state index contributed by atoms with van der Waals surface area (Å²) in [5, 5.41) is 0. The highest BCUT2D eigenvalue weighted by Crippen LogP contribution is 2.33. The Hall–Kier alpha value is -2.61. The van der Waals surface area contributed by atoms with Crippen LogP contribution >= 0.6 is 11.6 Å². The van der Waals surface area contributed by atoms with Gasteiger partial charge in [-0.3, -0.25) is 34.9 Å². The summed E-state index contributed by atoms with van der Waals surface area (Å²) in [4.78, 5) is 47.4. The van der Waals surface area contributed by atoms with E-state index in [0.29, 0.717) is 17.0 Å². The predicted octanol–water partition coefficient (Wildman–Crippen LogP) is 0.000800. The third kappa shape index (κ3) is 3.98. The van der Waals surface area contributed by atoms with Crippen molar-refractivity contribution in [3.8, 4) is 5.75 Å². The average molecular weight is 340 g/mol. The Morgan fingerprint density at radius 1 is 1.30 bits per heavy atom. The van der Waals surface area contributed by atoms with Crippen molar-refractivity contribution in [3.63, 3.8) is 0 Å². The van der Waals surface area contributed by atoms with Crippen LogP contribution in [0.5, 0.6) is 5.75 Å². The highest BCUT2D eigenvalue weighted by atomic mass is 35.5. The molecule has 8 nitrogen and oxygen atoms in total. The molecule has 1 aromatic rings. The van der Waals surface area contributed by atoms with Crippen molar-refractivity contribution < 1.29 is 23.9 Å². The molecule has 1 aliphatic heterocycles. The second-order valence-corrected chi connectivity index (χ2v) is 5.00. The van der Waals surface area contributed by atoms with Gasteiger partial charge in [-0.25, -0.2) is 0 Å². The van der Waals surface area contributed by atoms with E-state index in [-0.39, 0.29) is 24.8 Å². The lowest BCUT2D eigenvalue weighted by Gasteiger charge is -2.29. The van der Waals surface area contributed by atoms with Crippen molar-refractivity contribution in [1.29, 1.82) is 0 Å². The fourth-order valence-corrected chi connectivity index (χ4v) is 2.12. The molecule has 0 bridgehead atoms. The van der Waals surface area contributed by atoms with Gasteiger partial charge < -0.3 is 4.74 Å². The molecule has 3 amide bonds. The molecule has 1 aromatic carbocycles. The predicted molar refractivity (Wildman–Crippen MR) is 81.3 cm³/mol. The van der Waals surface area contributed by atoms with Gasteiger partial charge in [-0.1, -0.05) is 0 Å². The minimum Gasteiger partial charge on any atom is -0.482 e. The van der Waals surface area contributed by atoms with Crippen molar-refractivity contribution in [2.75, 3.05) is 23.9 Å². The van der Waals surface area contributed by atoms with Crippen LogP contribution < -0.4 is 20.5 Å². The fourth-order valence-electron chi connectivity index (χ4n) is 1.97. The minimum atomic E-state index is -0.588. The molecule has 0 atom stereocenters. The number of hydrazine groups is 1. The number of ketones is 1. The SMILES string of the molecule is CC(=O)NNC(=O)CN1C(=O)COc2ccc(C(=O)CCl)cc21. The summed E-state index contributed by atoms with van der Waals surface area (Å²) in [6.07, 6.45) is 0. The van der Waals surface area contributed by atoms with Crippen molar-refractivity contribution in [2.24, 2.45) is 0 Å². The molecule has 0 fully saturated rings. The first-order chi connectivity index (χ1) is 10.9. The van der Waals surface area contributed by atoms with Crippen LogP contribution in [0, 0.1) is 0 Å². The molecule has 122 valence electrons. The number of hydrogen-bond donors (Lipinski definition) is 2. The second kappa shape index (κ2) is 7.10. The zero-order valence-corrected chi connectivity index (χ0v) is 13.0. The zero-order valence-electron chi connectivity index (χ0n) is 12.2. The number of anilines is 1. The van der Waals surface area contributed by atoms with E-state index in [2.05, 4.69) is 10.9 Å². The molecule has 0 saturated heterocycles. The number of nitrogens with one attached hydrogen (secondary N) is 2. The molecule has 0 aromatic heterocycles. The van der Waals surface area contributed by atoms with Crippen LogP contribution in [0.25, 0.3) is 0 Å². The van der Waals surface area contributed by atoms with Crippen molar-refractivity contribution >= 4 is 40.8 Å². The quantitative estimate of drug-likeness (QED) is 0.456. The largest absolute Gasteiger partial charge is 0.482 e. The molecule has 2 N–H and O–H groups in total. The molecule has 0 spiro atoms. The number of alkyl halides is 1. The van der Waals surface area contributed by atoms with Crippen LogP contribution in [0.3, 0.4) is 0 Å². The highest BCUT2D eigenvalue weighted by molar-refractivity contribution is 6.30. The summed E-state index contributed by atoms with van der Waals surface area (Å²) < 4.78 is 5.28. The molecule has 23 heavy (non-hydrogen) atoms. The minimum absolute atomic E-state index is 0.198. The number of benzene rings is 1. The van der Waals surface area contributed by atoms with Gasteiger partial charge in [0.15, 0.2) is 12.4 Å². The van der Waals surface area contributed by atoms with Crippen LogP contribution in [0.4, 0.5) is 5.69 Å². The molecular formula is C14H14ClN3O5. The number of Topliss-reactive ketones (excluding diaryl/α,β-unsaturated/α-hetero) is 1. The van der Waals surface area contributed by atoms with Crippen LogP contribution in [0.15, 0.2) is 18.2 Å². The van der Waals surface area contributed by atoms with E-state index in [1.807, 2.05) is 0 Å². The number of carbonyl (C=O) groups excluding carboxylic acids is 4. The van der Waals surface area contributed by atoms with Crippen molar-refractivity contribution in [1.82, 2.24) is 10.9 Å². The summed E-state index contributed by atoms with van der Waals surface area (Å²) >= 11 is 5.52. The van der Waals surface area contributed by atoms with Gasteiger partial charge in [0.1, 0.15) is 12.3 Å². The van der Waals surface area contributed by atoms with Crippen LogP contribution in [-0.2, 0) is 14.4 Å². The van der Waals surface area contributed by atoms with Gasteiger partial charge in [0.2, 0.25) is 5.91 Å². The highest BCUT2D eigenvalue weighted by Gasteiger charge is 2.28. The first kappa shape index (κ1) is 16.8. The maximum Gasteiger partial charge on any atom is 0.265 e. The van der Waals surface area contributed by atoms with E-state index < -0.39 is 17.7 Å². The third-order valence-corrected chi connectivity index (χ3v) is 3.27. The van der Waals surface area contributed by atoms with Crippen LogP contribution in [0.2, 0.25) is 0 Å². The Morgan fingerprint density at radius 3 is 2.70 bits per heavy atom. The number of ether oxygens (including phenoxy) is 1. The van der Waals surface area contributed by atoms with Gasteiger partial charge in [0.25, 0.3) is 11.8 Å². The first-order valence-electron chi connectivity index (χ1n) is 6.64. The summed E-state index contributed by atoms with van der Waals surface area (Å²) in [7, 11) is 0. The van der Waals surface area contributed by atoms with Crippen molar-refractivity contribution in [2.45, 2.75) is 6.92 Å². The number of nitrogens with zero attached hydrogens (tertiary/aromatic N) is 1. The molecule has 0 saturated carbocycles. The number of amides is 3. The normalized spacial score (nSPS) is 13.0. The molecule has 0 radical (unpaired) electrons. The Labute approximate surface area is 136 Å². The zero-order chi connectivity index (χ0) is 17.0. The molecular weight excluding hydrogens is 326 g/mol. The van der Waals surface area contributed by atoms with E-state index in [4.69, 9.17) is 16.3 Å². The molecule has 0 aliphatic carbocycles. The number of halogens is 1. The third-order valence-electron chi connectivity index (χ3n) is 3.02. The first-order valence-corrected chi connectivity index (χ1v) is 7.17. The van der Waals surface area contributed by atoms with E-state index in [1.165, 1.54) is 24.0 Å². The number of fused-ring (bicyclic) bond motifs is 1. The summed E-state index contributed by atoms with van der Waals surface area (Å²) in [6, 6.07) is 4.53. The molecule has 0 unspecified atom stereocenters. The van der Waals surface area contributed by atoms with Crippen LogP contribution in [0.1, 0.15) is 17.3 Å². The average Bonchev–Trinajstić information content (AvgIpc) is 2.54. The number of carbonyl (C=O) groups is 4. The van der Waals surface area contributed by atoms with E-state index in [0.717, 1.165) is 0 Å². The Bertz CT molecular complexity index is 676. The lowest BCUT2D eigenvalue weighted by atomic mass is 10.1. The topological polar surface area (TPSA) is 105 Å². The summed E-state index contributed by atoms with van der Waals surface area (Å²) in [5.74, 6) is -1.60. The molecule has 1 heterocycles. The molecule has 1 aliphatic rings. The Balaban J connectivity index is 2.24. The maximum atomic E-state index is 12.0. The lowest BCUT2D eigenvalue weighted by Crippen LogP contribution is -2.49. The van der Waals surface area contributed by atoms with Gasteiger partial charge in [-0.2, -0.15) is 0 Å². The summed E-state index contributed by atoms with van der Waals surface area (Å²) in [5.41, 5.74) is 4.91. The van der Waals surface area contributed by atoms with Gasteiger partial charge in [0, 0.05) is 12.5 Å². The monoisotopic (exact) mass is 339 g/mol. The smallest absolute Gasteiger partial charge is 0.265 e. The van der Waals surface area contributed by atoms with Crippen LogP contribution in [-0.4, -0.2) is 42.5 Å². The van der Waals surface area contributed by atoms with Gasteiger partial charge >= 0.3 is 0 Å². The standard InChI is InChI=1S/C14H14ClN3O5/c1-8(19)16-17-13(21)6-18-10-4-9(11(20)5-15)2-3-12(10)23-7-14(18)22/h2-4H,5-7H2,1H3,(H,16,19)(H,17,21). The number of hydrogen-bond acceptors (Lipinski definition) is 5. The Kier molecular flexibility index (Phi) is 5.17. The van der Waals surface area contributed by atoms with Gasteiger partial charge in [-0.15, -0.1) is 11.6 Å². The van der Waals surface area contributed by atoms with E-state index in [1.54, 1.807) is 6.07 Å². The molecule has 2 rings (SSSR count). The lowest BCUT2D eigenvalue weighted by molar-refractivity contribution is -0.128. The van der Waals surface area contributed by atoms with Gasteiger partial charge in [-0.05, 0) is 18.2 Å². The van der Waals surface area contributed by atoms with Gasteiger partial charge in [0.05, 0.1) is 11.6 Å². The number of rotatable bonds is 4. The molecule has 9 heteroatoms. The van der Waals surface area contributed by atoms with Crippen molar-refractivity contribution in [3.05, 3.63) is 23.8 Å². The van der Waals surface area contributed by atoms with E-state index >= 15 is 0 Å².